The molecule has 18 heteroatoms. The third-order valence-corrected chi connectivity index (χ3v) is 13.9. The molecule has 0 bridgehead atoms. The molecule has 0 aliphatic carbocycles. The lowest BCUT2D eigenvalue weighted by Crippen LogP contribution is -2.64. The number of amides is 2. The van der Waals surface area contributed by atoms with Crippen molar-refractivity contribution in [1.82, 2.24) is 9.80 Å². The van der Waals surface area contributed by atoms with Crippen molar-refractivity contribution in [2.24, 2.45) is 0 Å². The predicted octanol–water partition coefficient (Wildman–Crippen LogP) is 10.2. The minimum absolute atomic E-state index is 0.0343. The van der Waals surface area contributed by atoms with Crippen molar-refractivity contribution >= 4 is 57.6 Å². The van der Waals surface area contributed by atoms with Gasteiger partial charge in [0.1, 0.15) is 22.8 Å². The standard InChI is InChI=1S/C27H27F2N3O2.C26H24BrF2N3O2.CH5BO2/c1-18-3-9-22-25(15-18)30-27(32(26(22)33)20-5-7-21(34-2)8-6-20)11-13-31(14-12-27)17-19-4-10-23(28)24(29)16-19;1-34-20-6-4-19(5-7-20)32-25(33)21-8-3-18(27)15-24(21)30-26(32)10-12-31(13-11-26)16-17-2-9-22(28)23(29)14-17;1-2(3)4/h3-10,15-16,30H,11-14,17H2,1-2H3;2-9,14-15,30H,10-13,16H2,1H3;3-4H,1H3. The summed E-state index contributed by atoms with van der Waals surface area (Å²) in [7, 11) is 2.06. The van der Waals surface area contributed by atoms with Gasteiger partial charge in [0.2, 0.25) is 0 Å². The van der Waals surface area contributed by atoms with E-state index in [1.54, 1.807) is 26.4 Å². The molecular weight excluding hydrogens is 995 g/mol. The van der Waals surface area contributed by atoms with Crippen LogP contribution in [-0.4, -0.2) is 90.5 Å². The third kappa shape index (κ3) is 11.4. The maximum absolute atomic E-state index is 13.8. The van der Waals surface area contributed by atoms with Crippen LogP contribution >= 0.6 is 15.9 Å². The largest absolute Gasteiger partial charge is 0.497 e. The van der Waals surface area contributed by atoms with E-state index in [1.807, 2.05) is 102 Å². The molecule has 2 amide bonds. The molecule has 2 fully saturated rings. The van der Waals surface area contributed by atoms with E-state index in [4.69, 9.17) is 19.5 Å². The lowest BCUT2D eigenvalue weighted by atomic mass is 9.88. The Morgan fingerprint density at radius 3 is 1.35 bits per heavy atom. The summed E-state index contributed by atoms with van der Waals surface area (Å²) >= 11 is 3.51. The number of rotatable bonds is 8. The fourth-order valence-electron chi connectivity index (χ4n) is 9.84. The van der Waals surface area contributed by atoms with Crippen LogP contribution in [0.25, 0.3) is 0 Å². The second-order valence-electron chi connectivity index (χ2n) is 18.4. The molecule has 2 saturated heterocycles. The molecule has 0 saturated carbocycles. The highest BCUT2D eigenvalue weighted by molar-refractivity contribution is 9.10. The number of carbonyl (C=O) groups is 2. The number of ether oxygens (including phenoxy) is 2. The number of hydrogen-bond donors (Lipinski definition) is 4. The zero-order chi connectivity index (χ0) is 51.3. The van der Waals surface area contributed by atoms with Crippen molar-refractivity contribution in [3.8, 4) is 11.5 Å². The first-order chi connectivity index (χ1) is 34.5. The molecule has 2 spiro atoms. The third-order valence-electron chi connectivity index (χ3n) is 13.4. The second kappa shape index (κ2) is 22.1. The fraction of sp³-hybridized carbons (Fsp3) is 0.296. The van der Waals surface area contributed by atoms with E-state index in [2.05, 4.69) is 36.4 Å². The Balaban J connectivity index is 0.000000179. The van der Waals surface area contributed by atoms with Gasteiger partial charge in [0.25, 0.3) is 11.8 Å². The van der Waals surface area contributed by atoms with Crippen molar-refractivity contribution in [2.45, 2.75) is 63.8 Å². The molecule has 72 heavy (non-hydrogen) atoms. The normalized spacial score (nSPS) is 16.8. The average Bonchev–Trinajstić information content (AvgIpc) is 3.35. The van der Waals surface area contributed by atoms with Gasteiger partial charge in [-0.3, -0.25) is 29.2 Å². The van der Waals surface area contributed by atoms with Crippen molar-refractivity contribution < 1.29 is 46.7 Å². The summed E-state index contributed by atoms with van der Waals surface area (Å²) in [5.41, 5.74) is 5.87. The molecule has 4 N–H and O–H groups in total. The number of nitrogens with zero attached hydrogens (tertiary/aromatic N) is 4. The average molecular weight is 1050 g/mol. The molecule has 4 heterocycles. The lowest BCUT2D eigenvalue weighted by Gasteiger charge is -2.52. The van der Waals surface area contributed by atoms with Gasteiger partial charge in [-0.15, -0.1) is 0 Å². The molecule has 6 aromatic rings. The Labute approximate surface area is 425 Å². The van der Waals surface area contributed by atoms with Gasteiger partial charge in [0, 0.05) is 92.2 Å². The first-order valence-electron chi connectivity index (χ1n) is 23.6. The van der Waals surface area contributed by atoms with E-state index >= 15 is 0 Å². The van der Waals surface area contributed by atoms with Crippen molar-refractivity contribution in [2.75, 3.05) is 60.8 Å². The van der Waals surface area contributed by atoms with Crippen LogP contribution in [0.5, 0.6) is 11.5 Å². The van der Waals surface area contributed by atoms with Gasteiger partial charge in [0.05, 0.1) is 25.3 Å². The number of carbonyl (C=O) groups excluding carboxylic acids is 2. The number of benzene rings is 6. The second-order valence-corrected chi connectivity index (χ2v) is 19.3. The predicted molar refractivity (Wildman–Crippen MR) is 275 cm³/mol. The number of hydrogen-bond acceptors (Lipinski definition) is 10. The molecule has 0 atom stereocenters. The minimum atomic E-state index is -1.17. The van der Waals surface area contributed by atoms with Crippen LogP contribution in [0.15, 0.2) is 126 Å². The minimum Gasteiger partial charge on any atom is -0.497 e. The molecule has 6 aromatic carbocycles. The Morgan fingerprint density at radius 2 is 0.958 bits per heavy atom. The number of anilines is 4. The van der Waals surface area contributed by atoms with Gasteiger partial charge in [-0.2, -0.15) is 0 Å². The summed E-state index contributed by atoms with van der Waals surface area (Å²) < 4.78 is 65.5. The monoisotopic (exact) mass is 1050 g/mol. The molecule has 0 aromatic heterocycles. The Kier molecular flexibility index (Phi) is 16.0. The van der Waals surface area contributed by atoms with E-state index in [1.165, 1.54) is 25.0 Å². The topological polar surface area (TPSA) is 130 Å². The number of piperidine rings is 2. The first-order valence-corrected chi connectivity index (χ1v) is 24.4. The van der Waals surface area contributed by atoms with Gasteiger partial charge in [-0.05, 0) is 134 Å². The zero-order valence-corrected chi connectivity index (χ0v) is 42.0. The van der Waals surface area contributed by atoms with Gasteiger partial charge in [-0.1, -0.05) is 34.1 Å². The smallest absolute Gasteiger partial charge is 0.448 e. The van der Waals surface area contributed by atoms with E-state index < -0.39 is 41.7 Å². The summed E-state index contributed by atoms with van der Waals surface area (Å²) in [5.74, 6) is -1.98. The maximum atomic E-state index is 13.8. The van der Waals surface area contributed by atoms with Crippen molar-refractivity contribution in [3.63, 3.8) is 0 Å². The Morgan fingerprint density at radius 1 is 0.569 bits per heavy atom. The van der Waals surface area contributed by atoms with Crippen LogP contribution < -0.4 is 29.9 Å². The summed E-state index contributed by atoms with van der Waals surface area (Å²) in [5, 5.41) is 22.6. The number of nitrogens with one attached hydrogen (secondary N) is 2. The lowest BCUT2D eigenvalue weighted by molar-refractivity contribution is 0.0896. The van der Waals surface area contributed by atoms with Gasteiger partial charge < -0.3 is 30.2 Å². The summed E-state index contributed by atoms with van der Waals surface area (Å²) in [4.78, 5) is 35.7. The van der Waals surface area contributed by atoms with Gasteiger partial charge in [0.15, 0.2) is 23.3 Å². The number of fused-ring (bicyclic) bond motifs is 2. The van der Waals surface area contributed by atoms with Crippen LogP contribution in [0.2, 0.25) is 6.82 Å². The van der Waals surface area contributed by atoms with Crippen LogP contribution in [0, 0.1) is 30.2 Å². The highest BCUT2D eigenvalue weighted by atomic mass is 79.9. The fourth-order valence-corrected chi connectivity index (χ4v) is 10.2. The number of methoxy groups -OCH3 is 2. The molecular formula is C54H56BBrF4N6O6. The van der Waals surface area contributed by atoms with Gasteiger partial charge >= 0.3 is 7.12 Å². The molecule has 0 unspecified atom stereocenters. The highest BCUT2D eigenvalue weighted by Gasteiger charge is 2.49. The van der Waals surface area contributed by atoms with E-state index in [-0.39, 0.29) is 11.8 Å². The van der Waals surface area contributed by atoms with Crippen molar-refractivity contribution in [1.29, 1.82) is 0 Å². The van der Waals surface area contributed by atoms with E-state index in [0.29, 0.717) is 76.1 Å². The summed E-state index contributed by atoms with van der Waals surface area (Å²) in [6.07, 6.45) is 2.70. The molecule has 10 rings (SSSR count). The van der Waals surface area contributed by atoms with Crippen LogP contribution in [-0.2, 0) is 13.1 Å². The zero-order valence-electron chi connectivity index (χ0n) is 40.4. The Hall–Kier alpha value is -6.44. The van der Waals surface area contributed by atoms with Crippen LogP contribution in [0.3, 0.4) is 0 Å². The number of likely N-dealkylation sites (tertiary alicyclic amines) is 2. The SMILES string of the molecule is CB(O)O.COc1ccc(N2C(=O)c3ccc(Br)cc3NC23CCN(Cc2ccc(F)c(F)c2)CC3)cc1.COc1ccc(N2C(=O)c3ccc(C)cc3NC23CCN(Cc2ccc(F)c(F)c2)CC3)cc1. The molecule has 0 radical (unpaired) electrons. The molecule has 12 nitrogen and oxygen atoms in total. The maximum Gasteiger partial charge on any atom is 0.448 e. The number of halogens is 5. The first kappa shape index (κ1) is 51.9. The van der Waals surface area contributed by atoms with E-state index in [0.717, 1.165) is 61.5 Å². The van der Waals surface area contributed by atoms with Crippen LogP contribution in [0.1, 0.15) is 63.1 Å². The quantitative estimate of drug-likeness (QED) is 0.0864. The molecule has 376 valence electrons. The molecule has 4 aliphatic heterocycles. The molecule has 4 aliphatic rings. The number of aryl methyl sites for hydroxylation is 1. The summed E-state index contributed by atoms with van der Waals surface area (Å²) in [6.45, 7) is 7.12. The summed E-state index contributed by atoms with van der Waals surface area (Å²) in [6, 6.07) is 34.6. The van der Waals surface area contributed by atoms with E-state index in [9.17, 15) is 27.2 Å². The van der Waals surface area contributed by atoms with Crippen molar-refractivity contribution in [3.05, 3.63) is 177 Å². The Bertz CT molecular complexity index is 2710. The van der Waals surface area contributed by atoms with Crippen LogP contribution in [0.4, 0.5) is 40.3 Å². The highest BCUT2D eigenvalue weighted by Crippen LogP contribution is 2.44. The van der Waals surface area contributed by atoms with Gasteiger partial charge in [-0.25, -0.2) is 17.6 Å².